The van der Waals surface area contributed by atoms with Gasteiger partial charge in [0.1, 0.15) is 6.10 Å². The lowest BCUT2D eigenvalue weighted by molar-refractivity contribution is 0.0968. The number of carbonyl (C=O) groups excluding carboxylic acids is 1. The standard InChI is InChI=1S/C7H14NO2/c1-3-5-6(4-2)10-7(8)9/h6,8H,3-5H2,1-2H3. The zero-order valence-electron chi connectivity index (χ0n) is 6.52. The molecule has 1 unspecified atom stereocenters. The molecule has 0 saturated heterocycles. The first-order chi connectivity index (χ1) is 4.70. The number of ether oxygens (including phenoxy) is 1. The molecule has 1 amide bonds. The van der Waals surface area contributed by atoms with Crippen LogP contribution in [0.4, 0.5) is 4.79 Å². The Bertz CT molecular complexity index is 104. The molecule has 1 radical (unpaired) electrons. The summed E-state index contributed by atoms with van der Waals surface area (Å²) in [5.74, 6) is 0. The van der Waals surface area contributed by atoms with Gasteiger partial charge in [-0.2, -0.15) is 0 Å². The molecule has 3 nitrogen and oxygen atoms in total. The summed E-state index contributed by atoms with van der Waals surface area (Å²) in [6.07, 6.45) is 1.70. The molecular formula is C7H14NO2. The Hall–Kier alpha value is -0.730. The monoisotopic (exact) mass is 144 g/mol. The van der Waals surface area contributed by atoms with Crippen LogP contribution in [0, 0.1) is 0 Å². The van der Waals surface area contributed by atoms with Crippen LogP contribution in [0.1, 0.15) is 33.1 Å². The first kappa shape index (κ1) is 9.27. The van der Waals surface area contributed by atoms with Gasteiger partial charge in [-0.3, -0.25) is 0 Å². The fraction of sp³-hybridized carbons (Fsp3) is 0.857. The molecule has 3 heteroatoms. The molecule has 0 aromatic carbocycles. The van der Waals surface area contributed by atoms with E-state index in [1.165, 1.54) is 0 Å². The molecule has 1 atom stereocenters. The molecular weight excluding hydrogens is 130 g/mol. The molecule has 59 valence electrons. The van der Waals surface area contributed by atoms with E-state index in [4.69, 9.17) is 5.73 Å². The first-order valence-electron chi connectivity index (χ1n) is 3.62. The van der Waals surface area contributed by atoms with Gasteiger partial charge >= 0.3 is 6.09 Å². The molecule has 0 aliphatic rings. The number of hydrogen-bond donors (Lipinski definition) is 0. The van der Waals surface area contributed by atoms with Gasteiger partial charge in [-0.05, 0) is 12.8 Å². The highest BCUT2D eigenvalue weighted by Gasteiger charge is 2.07. The van der Waals surface area contributed by atoms with Crippen molar-refractivity contribution < 1.29 is 9.53 Å². The second-order valence-corrected chi connectivity index (χ2v) is 2.22. The summed E-state index contributed by atoms with van der Waals surface area (Å²) >= 11 is 0. The van der Waals surface area contributed by atoms with Crippen LogP contribution in [0.15, 0.2) is 0 Å². The molecule has 0 saturated carbocycles. The quantitative estimate of drug-likeness (QED) is 0.605. The van der Waals surface area contributed by atoms with Gasteiger partial charge in [0.05, 0.1) is 0 Å². The lowest BCUT2D eigenvalue weighted by Crippen LogP contribution is -2.16. The first-order valence-corrected chi connectivity index (χ1v) is 3.62. The molecule has 0 aliphatic heterocycles. The van der Waals surface area contributed by atoms with E-state index in [2.05, 4.69) is 4.74 Å². The van der Waals surface area contributed by atoms with Gasteiger partial charge in [0.2, 0.25) is 0 Å². The van der Waals surface area contributed by atoms with Crippen LogP contribution < -0.4 is 5.73 Å². The summed E-state index contributed by atoms with van der Waals surface area (Å²) < 4.78 is 4.67. The van der Waals surface area contributed by atoms with E-state index >= 15 is 0 Å². The van der Waals surface area contributed by atoms with Crippen molar-refractivity contribution in [3.05, 3.63) is 0 Å². The Kier molecular flexibility index (Phi) is 4.72. The Labute approximate surface area is 61.5 Å². The van der Waals surface area contributed by atoms with Crippen LogP contribution in [0.2, 0.25) is 0 Å². The average Bonchev–Trinajstić information content (AvgIpc) is 1.86. The van der Waals surface area contributed by atoms with Gasteiger partial charge in [-0.1, -0.05) is 20.3 Å². The molecule has 0 aromatic rings. The van der Waals surface area contributed by atoms with E-state index < -0.39 is 6.09 Å². The van der Waals surface area contributed by atoms with Crippen LogP contribution in [0.25, 0.3) is 0 Å². The minimum absolute atomic E-state index is 0.0463. The van der Waals surface area contributed by atoms with Crippen molar-refractivity contribution in [2.75, 3.05) is 0 Å². The minimum atomic E-state index is -0.916. The topological polar surface area (TPSA) is 50.1 Å². The van der Waals surface area contributed by atoms with E-state index in [1.807, 2.05) is 13.8 Å². The smallest absolute Gasteiger partial charge is 0.426 e. The molecule has 1 N–H and O–H groups in total. The fourth-order valence-corrected chi connectivity index (χ4v) is 0.820. The van der Waals surface area contributed by atoms with Gasteiger partial charge < -0.3 is 4.74 Å². The zero-order chi connectivity index (χ0) is 7.98. The van der Waals surface area contributed by atoms with Gasteiger partial charge in [-0.25, -0.2) is 10.5 Å². The van der Waals surface area contributed by atoms with Gasteiger partial charge in [0.25, 0.3) is 0 Å². The largest absolute Gasteiger partial charge is 0.445 e. The van der Waals surface area contributed by atoms with Gasteiger partial charge in [0, 0.05) is 0 Å². The number of carbonyl (C=O) groups is 1. The van der Waals surface area contributed by atoms with Crippen LogP contribution in [-0.4, -0.2) is 12.2 Å². The summed E-state index contributed by atoms with van der Waals surface area (Å²) in [6.45, 7) is 3.98. The molecule has 0 spiro atoms. The Morgan fingerprint density at radius 2 is 2.20 bits per heavy atom. The predicted octanol–water partition coefficient (Wildman–Crippen LogP) is 1.98. The van der Waals surface area contributed by atoms with Gasteiger partial charge in [0.15, 0.2) is 0 Å². The zero-order valence-corrected chi connectivity index (χ0v) is 6.52. The van der Waals surface area contributed by atoms with E-state index in [0.717, 1.165) is 19.3 Å². The molecule has 0 aromatic heterocycles. The van der Waals surface area contributed by atoms with Crippen LogP contribution in [-0.2, 0) is 4.74 Å². The maximum absolute atomic E-state index is 10.1. The maximum Gasteiger partial charge on any atom is 0.426 e. The number of amides is 1. The molecule has 0 rings (SSSR count). The van der Waals surface area contributed by atoms with Crippen molar-refractivity contribution >= 4 is 6.09 Å². The minimum Gasteiger partial charge on any atom is -0.445 e. The third-order valence-electron chi connectivity index (χ3n) is 1.34. The highest BCUT2D eigenvalue weighted by Crippen LogP contribution is 2.05. The SMILES string of the molecule is CCCC(CC)OC([NH])=O. The molecule has 0 bridgehead atoms. The van der Waals surface area contributed by atoms with E-state index in [9.17, 15) is 4.79 Å². The molecule has 0 fully saturated rings. The number of hydrogen-bond acceptors (Lipinski definition) is 2. The normalized spacial score (nSPS) is 12.6. The lowest BCUT2D eigenvalue weighted by atomic mass is 10.2. The average molecular weight is 144 g/mol. The lowest BCUT2D eigenvalue weighted by Gasteiger charge is -2.11. The predicted molar refractivity (Wildman–Crippen MR) is 38.6 cm³/mol. The molecule has 0 aliphatic carbocycles. The number of nitrogens with one attached hydrogen (secondary N) is 1. The van der Waals surface area contributed by atoms with Crippen molar-refractivity contribution in [1.29, 1.82) is 0 Å². The summed E-state index contributed by atoms with van der Waals surface area (Å²) in [5.41, 5.74) is 6.53. The fourth-order valence-electron chi connectivity index (χ4n) is 0.820. The molecule has 0 heterocycles. The van der Waals surface area contributed by atoms with Crippen LogP contribution in [0.3, 0.4) is 0 Å². The van der Waals surface area contributed by atoms with Crippen molar-refractivity contribution in [3.8, 4) is 0 Å². The maximum atomic E-state index is 10.1. The van der Waals surface area contributed by atoms with Gasteiger partial charge in [-0.15, -0.1) is 0 Å². The van der Waals surface area contributed by atoms with Crippen molar-refractivity contribution in [2.45, 2.75) is 39.2 Å². The summed E-state index contributed by atoms with van der Waals surface area (Å²) in [7, 11) is 0. The second kappa shape index (κ2) is 5.09. The number of rotatable bonds is 4. The van der Waals surface area contributed by atoms with E-state index in [1.54, 1.807) is 0 Å². The second-order valence-electron chi connectivity index (χ2n) is 2.22. The Morgan fingerprint density at radius 3 is 2.50 bits per heavy atom. The van der Waals surface area contributed by atoms with Crippen molar-refractivity contribution in [3.63, 3.8) is 0 Å². The van der Waals surface area contributed by atoms with Crippen molar-refractivity contribution in [1.82, 2.24) is 5.73 Å². The van der Waals surface area contributed by atoms with Crippen molar-refractivity contribution in [2.24, 2.45) is 0 Å². The Morgan fingerprint density at radius 1 is 1.60 bits per heavy atom. The van der Waals surface area contributed by atoms with Crippen LogP contribution >= 0.6 is 0 Å². The third-order valence-corrected chi connectivity index (χ3v) is 1.34. The van der Waals surface area contributed by atoms with Crippen LogP contribution in [0.5, 0.6) is 0 Å². The summed E-state index contributed by atoms with van der Waals surface area (Å²) in [5, 5.41) is 0. The Balaban J connectivity index is 3.49. The summed E-state index contributed by atoms with van der Waals surface area (Å²) in [6, 6.07) is 0. The highest BCUT2D eigenvalue weighted by atomic mass is 16.6. The summed E-state index contributed by atoms with van der Waals surface area (Å²) in [4.78, 5) is 10.1. The molecule has 10 heavy (non-hydrogen) atoms. The van der Waals surface area contributed by atoms with E-state index in [-0.39, 0.29) is 6.10 Å². The highest BCUT2D eigenvalue weighted by molar-refractivity contribution is 5.63. The van der Waals surface area contributed by atoms with E-state index in [0.29, 0.717) is 0 Å². The third kappa shape index (κ3) is 4.18.